The van der Waals surface area contributed by atoms with E-state index >= 15 is 0 Å². The van der Waals surface area contributed by atoms with Crippen molar-refractivity contribution in [2.45, 2.75) is 122 Å². The van der Waals surface area contributed by atoms with Crippen LogP contribution < -0.4 is 48.3 Å². The zero-order valence-electron chi connectivity index (χ0n) is 46.0. The summed E-state index contributed by atoms with van der Waals surface area (Å²) < 4.78 is 0. The van der Waals surface area contributed by atoms with E-state index in [-0.39, 0.29) is 25.2 Å². The lowest BCUT2D eigenvalue weighted by atomic mass is 9.97. The van der Waals surface area contributed by atoms with Crippen molar-refractivity contribution in [1.29, 1.82) is 0 Å². The molecule has 82 heavy (non-hydrogen) atoms. The van der Waals surface area contributed by atoms with E-state index in [2.05, 4.69) is 57.5 Å². The van der Waals surface area contributed by atoms with E-state index in [1.807, 2.05) is 31.2 Å². The van der Waals surface area contributed by atoms with Gasteiger partial charge in [0.25, 0.3) is 0 Å². The second-order valence-electron chi connectivity index (χ2n) is 20.5. The Labute approximate surface area is 470 Å². The number of carboxylic acid groups (broad SMARTS) is 2. The standard InChI is InChI=1S/C57H70N12O13/c1-6-30(4)50(63-31(5)70)57(82)67-43(22-33-26-60-39-17-11-8-14-36(33)39)52(77)62-28-46(71)69-49(29(2)3)56(81)68-44(23-34-27-61-40-18-12-9-15-37(34)40)54(79)66-45(24-48(74)75)55(80)64-41(19-20-47(72)73)53(78)65-42(51(58)76)21-32-25-59-38-16-10-7-13-35(32)38/h7-18,25-27,29-30,41-45,49-50,59-61H,6,19-24,28H2,1-5H3,(H2,58,76)(H,62,77)(H,63,70)(H,64,80)(H,65,78)(H,66,79)(H,67,82)(H,68,81)(H,69,71)(H,72,73)(H,74,75)/t30-,41-,42-,43-,44-,45-,49-,50-/m0/s1. The molecule has 0 bridgehead atoms. The minimum absolute atomic E-state index is 0.0203. The molecule has 0 aliphatic heterocycles. The summed E-state index contributed by atoms with van der Waals surface area (Å²) in [6, 6.07) is 11.3. The van der Waals surface area contributed by atoms with Gasteiger partial charge < -0.3 is 73.4 Å². The van der Waals surface area contributed by atoms with E-state index in [0.29, 0.717) is 34.0 Å². The summed E-state index contributed by atoms with van der Waals surface area (Å²) >= 11 is 0. The second-order valence-corrected chi connectivity index (χ2v) is 20.5. The van der Waals surface area contributed by atoms with E-state index in [1.165, 1.54) is 6.92 Å². The van der Waals surface area contributed by atoms with Crippen molar-refractivity contribution >= 4 is 97.8 Å². The number of aliphatic carboxylic acids is 2. The topological polar surface area (TPSA) is 398 Å². The number of nitrogens with two attached hydrogens (primary N) is 1. The van der Waals surface area contributed by atoms with Gasteiger partial charge in [-0.2, -0.15) is 0 Å². The molecular formula is C57H70N12O13. The maximum atomic E-state index is 14.5. The monoisotopic (exact) mass is 1130 g/mol. The number of aromatic amines is 3. The van der Waals surface area contributed by atoms with Crippen LogP contribution >= 0.6 is 0 Å². The Bertz CT molecular complexity index is 3330. The number of amides is 9. The number of benzene rings is 3. The number of rotatable bonds is 30. The molecule has 6 aromatic rings. The van der Waals surface area contributed by atoms with Gasteiger partial charge in [-0.25, -0.2) is 0 Å². The van der Waals surface area contributed by atoms with Crippen LogP contribution in [0.2, 0.25) is 0 Å². The molecule has 0 aliphatic rings. The first-order valence-corrected chi connectivity index (χ1v) is 26.8. The lowest BCUT2D eigenvalue weighted by Crippen LogP contribution is -2.60. The minimum atomic E-state index is -1.94. The largest absolute Gasteiger partial charge is 0.481 e. The van der Waals surface area contributed by atoms with Crippen LogP contribution in [0.1, 0.15) is 77.0 Å². The fourth-order valence-corrected chi connectivity index (χ4v) is 9.43. The molecule has 436 valence electrons. The molecule has 8 atom stereocenters. The van der Waals surface area contributed by atoms with Gasteiger partial charge in [0, 0.05) is 83.9 Å². The van der Waals surface area contributed by atoms with Crippen LogP contribution in [0.4, 0.5) is 0 Å². The zero-order chi connectivity index (χ0) is 59.8. The Morgan fingerprint density at radius 2 is 0.915 bits per heavy atom. The van der Waals surface area contributed by atoms with Gasteiger partial charge in [-0.05, 0) is 53.1 Å². The molecule has 0 unspecified atom stereocenters. The minimum Gasteiger partial charge on any atom is -0.481 e. The summed E-state index contributed by atoms with van der Waals surface area (Å²) in [6.07, 6.45) is 2.81. The van der Waals surface area contributed by atoms with E-state index in [0.717, 1.165) is 21.8 Å². The van der Waals surface area contributed by atoms with Gasteiger partial charge in [0.15, 0.2) is 0 Å². The van der Waals surface area contributed by atoms with Gasteiger partial charge in [0.1, 0.15) is 42.3 Å². The van der Waals surface area contributed by atoms with Crippen molar-refractivity contribution in [3.63, 3.8) is 0 Å². The normalized spacial score (nSPS) is 14.2. The Morgan fingerprint density at radius 3 is 1.37 bits per heavy atom. The van der Waals surface area contributed by atoms with E-state index in [4.69, 9.17) is 5.73 Å². The van der Waals surface area contributed by atoms with Crippen LogP contribution in [-0.4, -0.2) is 139 Å². The van der Waals surface area contributed by atoms with Gasteiger partial charge in [-0.15, -0.1) is 0 Å². The molecule has 0 saturated carbocycles. The van der Waals surface area contributed by atoms with Crippen molar-refractivity contribution < 1.29 is 63.0 Å². The van der Waals surface area contributed by atoms with Crippen molar-refractivity contribution in [3.05, 3.63) is 108 Å². The van der Waals surface area contributed by atoms with Crippen LogP contribution in [0.3, 0.4) is 0 Å². The lowest BCUT2D eigenvalue weighted by molar-refractivity contribution is -0.141. The zero-order valence-corrected chi connectivity index (χ0v) is 46.0. The summed E-state index contributed by atoms with van der Waals surface area (Å²) in [4.78, 5) is 156. The summed E-state index contributed by atoms with van der Waals surface area (Å²) in [5.41, 5.74) is 9.66. The van der Waals surface area contributed by atoms with Crippen molar-refractivity contribution in [1.82, 2.24) is 57.5 Å². The van der Waals surface area contributed by atoms with Gasteiger partial charge in [-0.3, -0.25) is 52.7 Å². The molecule has 3 aromatic carbocycles. The number of carboxylic acids is 2. The number of nitrogens with one attached hydrogen (secondary N) is 11. The molecule has 0 radical (unpaired) electrons. The van der Waals surface area contributed by atoms with Crippen molar-refractivity contribution in [2.24, 2.45) is 17.6 Å². The Balaban J connectivity index is 1.19. The third-order valence-electron chi connectivity index (χ3n) is 14.1. The maximum Gasteiger partial charge on any atom is 0.305 e. The number of aromatic nitrogens is 3. The Morgan fingerprint density at radius 1 is 0.500 bits per heavy atom. The average Bonchev–Trinajstić information content (AvgIpc) is 4.19. The average molecular weight is 1130 g/mol. The molecule has 6 rings (SSSR count). The quantitative estimate of drug-likeness (QED) is 0.0302. The number of para-hydroxylation sites is 3. The molecular weight excluding hydrogens is 1060 g/mol. The van der Waals surface area contributed by atoms with E-state index < -0.39 is 139 Å². The van der Waals surface area contributed by atoms with Crippen LogP contribution in [0.15, 0.2) is 91.4 Å². The van der Waals surface area contributed by atoms with Gasteiger partial charge in [-0.1, -0.05) is 88.7 Å². The summed E-state index contributed by atoms with van der Waals surface area (Å²) in [6.45, 7) is 7.42. The van der Waals surface area contributed by atoms with Gasteiger partial charge in [0.2, 0.25) is 53.2 Å². The third-order valence-corrected chi connectivity index (χ3v) is 14.1. The first-order valence-electron chi connectivity index (χ1n) is 26.8. The van der Waals surface area contributed by atoms with Gasteiger partial charge in [0.05, 0.1) is 13.0 Å². The van der Waals surface area contributed by atoms with Gasteiger partial charge >= 0.3 is 11.9 Å². The Kier molecular flexibility index (Phi) is 21.5. The fraction of sp³-hybridized carbons (Fsp3) is 0.386. The number of carbonyl (C=O) groups is 11. The van der Waals surface area contributed by atoms with Crippen LogP contribution in [0.25, 0.3) is 32.7 Å². The molecule has 9 amide bonds. The number of hydrogen-bond acceptors (Lipinski definition) is 11. The first-order chi connectivity index (χ1) is 39.0. The second kappa shape index (κ2) is 28.5. The SMILES string of the molecule is CC[C@H](C)[C@H](NC(C)=O)C(=O)N[C@@H](Cc1c[nH]c2ccccc12)C(=O)NCC(=O)N[C@H](C(=O)N[C@@H](Cc1c[nH]c2ccccc12)C(=O)N[C@@H](CC(=O)O)C(=O)N[C@@H](CCC(=O)O)C(=O)N[C@@H](Cc1c[nH]c2ccccc12)C(N)=O)C(C)C. The molecule has 25 heteroatoms. The number of fused-ring (bicyclic) bond motifs is 3. The van der Waals surface area contributed by atoms with Crippen molar-refractivity contribution in [2.75, 3.05) is 6.54 Å². The first kappa shape index (κ1) is 61.7. The van der Waals surface area contributed by atoms with Crippen molar-refractivity contribution in [3.8, 4) is 0 Å². The maximum absolute atomic E-state index is 14.5. The number of primary amides is 1. The molecule has 0 spiro atoms. The smallest absolute Gasteiger partial charge is 0.305 e. The highest BCUT2D eigenvalue weighted by molar-refractivity contribution is 5.99. The highest BCUT2D eigenvalue weighted by Gasteiger charge is 2.36. The van der Waals surface area contributed by atoms with Crippen LogP contribution in [-0.2, 0) is 72.0 Å². The molecule has 3 aromatic heterocycles. The predicted molar refractivity (Wildman–Crippen MR) is 301 cm³/mol. The molecule has 25 nitrogen and oxygen atoms in total. The molecule has 0 fully saturated rings. The third kappa shape index (κ3) is 16.7. The fourth-order valence-electron chi connectivity index (χ4n) is 9.43. The van der Waals surface area contributed by atoms with Crippen LogP contribution in [0, 0.1) is 11.8 Å². The molecule has 3 heterocycles. The Hall–Kier alpha value is -9.55. The molecule has 0 saturated heterocycles. The number of hydrogen-bond donors (Lipinski definition) is 14. The van der Waals surface area contributed by atoms with E-state index in [9.17, 15) is 63.0 Å². The van der Waals surface area contributed by atoms with E-state index in [1.54, 1.807) is 87.9 Å². The highest BCUT2D eigenvalue weighted by atomic mass is 16.4. The lowest BCUT2D eigenvalue weighted by Gasteiger charge is -2.27. The molecule has 15 N–H and O–H groups in total. The predicted octanol–water partition coefficient (Wildman–Crippen LogP) is 1.21. The molecule has 0 aliphatic carbocycles. The summed E-state index contributed by atoms with van der Waals surface area (Å²) in [5, 5.41) is 42.1. The summed E-state index contributed by atoms with van der Waals surface area (Å²) in [5.74, 6) is -11.7. The number of H-pyrrole nitrogens is 3. The number of carbonyl (C=O) groups excluding carboxylic acids is 9. The van der Waals surface area contributed by atoms with Crippen LogP contribution in [0.5, 0.6) is 0 Å². The summed E-state index contributed by atoms with van der Waals surface area (Å²) in [7, 11) is 0. The highest BCUT2D eigenvalue weighted by Crippen LogP contribution is 2.23.